The molecule has 5 heterocycles. The lowest BCUT2D eigenvalue weighted by molar-refractivity contribution is -0.150. The van der Waals surface area contributed by atoms with Crippen LogP contribution in [0.4, 0.5) is 9.52 Å². The van der Waals surface area contributed by atoms with Crippen molar-refractivity contribution in [1.82, 2.24) is 30.4 Å². The predicted molar refractivity (Wildman–Crippen MR) is 194 cm³/mol. The number of thioether (sulfide) groups is 2. The van der Waals surface area contributed by atoms with Crippen LogP contribution in [0.15, 0.2) is 46.2 Å². The number of carbonyl (C=O) groups excluding carboxylic acids is 2. The van der Waals surface area contributed by atoms with Gasteiger partial charge < -0.3 is 31.4 Å². The minimum Gasteiger partial charge on any atom is -0.480 e. The number of β-lactam (4-membered cyclic amide) rings is 1. The molecule has 4 aliphatic rings. The van der Waals surface area contributed by atoms with Crippen molar-refractivity contribution in [2.24, 2.45) is 5.16 Å². The summed E-state index contributed by atoms with van der Waals surface area (Å²) in [4.78, 5) is 69.3. The molecule has 1 saturated carbocycles. The Morgan fingerprint density at radius 1 is 1.31 bits per heavy atom. The first-order valence-corrected chi connectivity index (χ1v) is 19.3. The largest absolute Gasteiger partial charge is 0.480 e. The van der Waals surface area contributed by atoms with Crippen molar-refractivity contribution in [2.45, 2.75) is 47.2 Å². The lowest BCUT2D eigenvalue weighted by Gasteiger charge is -2.50. The third kappa shape index (κ3) is 6.37. The van der Waals surface area contributed by atoms with Gasteiger partial charge in [-0.2, -0.15) is 0 Å². The number of pyridine rings is 1. The lowest BCUT2D eigenvalue weighted by Crippen LogP contribution is -2.71. The van der Waals surface area contributed by atoms with E-state index in [1.54, 1.807) is 18.3 Å². The normalized spacial score (nSPS) is 23.5. The van der Waals surface area contributed by atoms with Gasteiger partial charge in [-0.25, -0.2) is 14.2 Å². The van der Waals surface area contributed by atoms with E-state index in [2.05, 4.69) is 30.7 Å². The number of aromatic nitrogens is 2. The van der Waals surface area contributed by atoms with Gasteiger partial charge in [0.2, 0.25) is 0 Å². The Kier molecular flexibility index (Phi) is 9.89. The number of oxime groups is 1. The fourth-order valence-electron chi connectivity index (χ4n) is 6.91. The van der Waals surface area contributed by atoms with Crippen molar-refractivity contribution in [2.75, 3.05) is 44.8 Å². The van der Waals surface area contributed by atoms with E-state index in [9.17, 15) is 29.4 Å². The Morgan fingerprint density at radius 3 is 2.75 bits per heavy atom. The van der Waals surface area contributed by atoms with Gasteiger partial charge in [0.05, 0.1) is 16.8 Å². The van der Waals surface area contributed by atoms with Crippen LogP contribution in [0, 0.1) is 5.82 Å². The van der Waals surface area contributed by atoms with E-state index in [1.807, 2.05) is 6.92 Å². The fourth-order valence-corrected chi connectivity index (χ4v) is 10.5. The second kappa shape index (κ2) is 14.3. The number of likely N-dealkylation sites (N-methyl/N-ethyl adjacent to an activating group) is 1. The van der Waals surface area contributed by atoms with Gasteiger partial charge in [-0.3, -0.25) is 29.2 Å². The number of halogens is 1. The number of carboxylic acids is 2. The number of amides is 2. The van der Waals surface area contributed by atoms with Crippen molar-refractivity contribution in [3.05, 3.63) is 63.7 Å². The molecule has 0 bridgehead atoms. The van der Waals surface area contributed by atoms with Gasteiger partial charge >= 0.3 is 11.9 Å². The summed E-state index contributed by atoms with van der Waals surface area (Å²) in [5.41, 5.74) is 7.12. The molecule has 4 atom stereocenters. The summed E-state index contributed by atoms with van der Waals surface area (Å²) in [5.74, 6) is -4.22. The van der Waals surface area contributed by atoms with Crippen LogP contribution < -0.4 is 16.4 Å². The number of aliphatic carboxylic acids is 2. The van der Waals surface area contributed by atoms with Crippen molar-refractivity contribution in [3.8, 4) is 0 Å². The van der Waals surface area contributed by atoms with E-state index < -0.39 is 51.0 Å². The lowest BCUT2D eigenvalue weighted by atomic mass is 9.94. The Hall–Kier alpha value is -4.30. The maximum atomic E-state index is 16.1. The molecule has 7 rings (SSSR count). The molecule has 3 fully saturated rings. The fraction of sp³-hybridized carbons (Fsp3) is 0.424. The van der Waals surface area contributed by atoms with Crippen LogP contribution in [0.1, 0.15) is 47.9 Å². The number of carbonyl (C=O) groups is 4. The summed E-state index contributed by atoms with van der Waals surface area (Å²) in [6, 6.07) is 3.46. The smallest absolute Gasteiger partial charge is 0.352 e. The summed E-state index contributed by atoms with van der Waals surface area (Å²) < 4.78 is 14.9. The van der Waals surface area contributed by atoms with Crippen LogP contribution in [-0.2, 0) is 24.0 Å². The van der Waals surface area contributed by atoms with Crippen LogP contribution in [-0.4, -0.2) is 115 Å². The molecule has 3 unspecified atom stereocenters. The molecule has 2 saturated heterocycles. The first-order valence-electron chi connectivity index (χ1n) is 16.5. The zero-order valence-electron chi connectivity index (χ0n) is 28.0. The number of hydrogen-bond donors (Lipinski definition) is 5. The highest BCUT2D eigenvalue weighted by molar-refractivity contribution is 8.02. The Morgan fingerprint density at radius 2 is 2.10 bits per heavy atom. The van der Waals surface area contributed by atoms with E-state index in [-0.39, 0.29) is 34.0 Å². The number of fused-ring (bicyclic) bond motifs is 2. The second-order valence-corrected chi connectivity index (χ2v) is 16.2. The van der Waals surface area contributed by atoms with Crippen LogP contribution in [0.2, 0.25) is 0 Å². The molecule has 0 radical (unpaired) electrons. The van der Waals surface area contributed by atoms with E-state index in [1.165, 1.54) is 30.3 Å². The van der Waals surface area contributed by atoms with Crippen LogP contribution >= 0.6 is 34.9 Å². The topological polar surface area (TPSA) is 213 Å². The maximum Gasteiger partial charge on any atom is 0.352 e. The van der Waals surface area contributed by atoms with E-state index in [0.29, 0.717) is 47.0 Å². The summed E-state index contributed by atoms with van der Waals surface area (Å²) >= 11 is 3.42. The maximum absolute atomic E-state index is 16.1. The van der Waals surface area contributed by atoms with Crippen molar-refractivity contribution in [1.29, 1.82) is 0 Å². The molecular weight excluding hydrogens is 736 g/mol. The Bertz CT molecular complexity index is 2040. The third-order valence-corrected chi connectivity index (χ3v) is 13.5. The molecule has 52 heavy (non-hydrogen) atoms. The number of anilines is 1. The third-order valence-electron chi connectivity index (χ3n) is 9.70. The highest BCUT2D eigenvalue weighted by Gasteiger charge is 2.57. The molecule has 19 heteroatoms. The van der Waals surface area contributed by atoms with E-state index in [0.717, 1.165) is 47.6 Å². The molecule has 2 aromatic heterocycles. The molecule has 0 spiro atoms. The molecule has 15 nitrogen and oxygen atoms in total. The van der Waals surface area contributed by atoms with Crippen LogP contribution in [0.3, 0.4) is 0 Å². The van der Waals surface area contributed by atoms with Crippen molar-refractivity contribution < 1.29 is 38.6 Å². The van der Waals surface area contributed by atoms with Gasteiger partial charge in [-0.1, -0.05) is 12.1 Å². The highest BCUT2D eigenvalue weighted by Crippen LogP contribution is 2.59. The van der Waals surface area contributed by atoms with Crippen molar-refractivity contribution >= 4 is 80.4 Å². The quantitative estimate of drug-likeness (QED) is 0.102. The molecule has 3 aromatic rings. The Labute approximate surface area is 309 Å². The number of piperazine rings is 1. The molecule has 3 aliphatic heterocycles. The number of hydrogen-bond acceptors (Lipinski definition) is 14. The van der Waals surface area contributed by atoms with Gasteiger partial charge in [0, 0.05) is 47.9 Å². The number of nitrogens with two attached hydrogens (primary N) is 1. The first kappa shape index (κ1) is 36.1. The zero-order chi connectivity index (χ0) is 36.9. The summed E-state index contributed by atoms with van der Waals surface area (Å²) in [7, 11) is 1.25. The van der Waals surface area contributed by atoms with Gasteiger partial charge in [0.15, 0.2) is 10.8 Å². The molecule has 6 N–H and O–H groups in total. The molecule has 274 valence electrons. The first-order chi connectivity index (χ1) is 25.0. The summed E-state index contributed by atoms with van der Waals surface area (Å²) in [5, 5.41) is 31.0. The van der Waals surface area contributed by atoms with Crippen LogP contribution in [0.25, 0.3) is 10.9 Å². The minimum atomic E-state index is -1.39. The SMILES string of the molecule is CCN1CCNCC1c1cc2nccc(C(SC3(C(=O)O)CC3)C3=C(C(=O)O)N4C(=O)C(NC(=O)/C(=N\OC)c5csc(N)n5)[C@@H]4SC3)c2cc1F. The standard InChI is InChI=1S/C33H35FN8O7S3/c1-3-41-9-8-36-12-22(41)17-11-20-16(10-19(17)34)15(4-7-37-20)26(52-33(5-6-33)31(47)48)18-13-50-29-24(28(44)42(29)25(18)30(45)46)39-27(43)23(40-49-2)21-14-51-32(35)38-21/h4,7,10-11,14,22,24,26,29,36H,3,5-6,8-9,12-13H2,1-2H3,(H2,35,38)(H,39,43)(H,45,46)(H,47,48)/b40-23-/t22?,24?,26?,29-/m0/s1. The van der Waals surface area contributed by atoms with Gasteiger partial charge in [-0.05, 0) is 48.7 Å². The summed E-state index contributed by atoms with van der Waals surface area (Å²) in [6.45, 7) is 4.88. The average molecular weight is 771 g/mol. The molecule has 1 aliphatic carbocycles. The van der Waals surface area contributed by atoms with E-state index >= 15 is 4.39 Å². The average Bonchev–Trinajstić information content (AvgIpc) is 3.81. The number of nitrogens with one attached hydrogen (secondary N) is 2. The van der Waals surface area contributed by atoms with Gasteiger partial charge in [-0.15, -0.1) is 34.9 Å². The summed E-state index contributed by atoms with van der Waals surface area (Å²) in [6.07, 6.45) is 2.29. The number of thiazole rings is 1. The number of nitrogen functional groups attached to an aromatic ring is 1. The van der Waals surface area contributed by atoms with Gasteiger partial charge in [0.25, 0.3) is 11.8 Å². The van der Waals surface area contributed by atoms with E-state index in [4.69, 9.17) is 10.6 Å². The number of carboxylic acid groups (broad SMARTS) is 2. The zero-order valence-corrected chi connectivity index (χ0v) is 30.4. The van der Waals surface area contributed by atoms with Gasteiger partial charge in [0.1, 0.15) is 40.5 Å². The molecule has 2 amide bonds. The molecular formula is C33H35FN8O7S3. The number of benzene rings is 1. The predicted octanol–water partition coefficient (Wildman–Crippen LogP) is 2.56. The number of nitrogens with zero attached hydrogens (tertiary/aromatic N) is 5. The van der Waals surface area contributed by atoms with Crippen molar-refractivity contribution in [3.63, 3.8) is 0 Å². The molecule has 1 aromatic carbocycles. The van der Waals surface area contributed by atoms with Crippen LogP contribution in [0.5, 0.6) is 0 Å². The number of rotatable bonds is 12. The second-order valence-electron chi connectivity index (χ2n) is 12.7. The Balaban J connectivity index is 1.26. The highest BCUT2D eigenvalue weighted by atomic mass is 32.2. The monoisotopic (exact) mass is 770 g/mol. The minimum absolute atomic E-state index is 0.0844.